The van der Waals surface area contributed by atoms with Gasteiger partial charge in [-0.3, -0.25) is 9.78 Å². The molecule has 1 amide bonds. The van der Waals surface area contributed by atoms with E-state index in [4.69, 9.17) is 11.6 Å². The number of benzene rings is 1. The first kappa shape index (κ1) is 13.9. The molecule has 1 atom stereocenters. The summed E-state index contributed by atoms with van der Waals surface area (Å²) >= 11 is 7.31. The van der Waals surface area contributed by atoms with Crippen molar-refractivity contribution in [3.05, 3.63) is 53.8 Å². The molecule has 3 nitrogen and oxygen atoms in total. The van der Waals surface area contributed by atoms with Crippen LogP contribution < -0.4 is 5.32 Å². The second kappa shape index (κ2) is 6.59. The lowest BCUT2D eigenvalue weighted by atomic mass is 10.4. The van der Waals surface area contributed by atoms with Gasteiger partial charge >= 0.3 is 0 Å². The molecule has 1 aromatic heterocycles. The first-order valence-electron chi connectivity index (χ1n) is 5.78. The van der Waals surface area contributed by atoms with Crippen molar-refractivity contribution in [2.45, 2.75) is 17.1 Å². The van der Waals surface area contributed by atoms with Crippen molar-refractivity contribution in [1.29, 1.82) is 0 Å². The lowest BCUT2D eigenvalue weighted by molar-refractivity contribution is -0.115. The third kappa shape index (κ3) is 4.26. The number of hydrogen-bond acceptors (Lipinski definition) is 3. The molecule has 0 unspecified atom stereocenters. The molecule has 19 heavy (non-hydrogen) atoms. The monoisotopic (exact) mass is 292 g/mol. The highest BCUT2D eigenvalue weighted by molar-refractivity contribution is 8.00. The second-order valence-corrected chi connectivity index (χ2v) is 5.80. The van der Waals surface area contributed by atoms with Crippen molar-refractivity contribution < 1.29 is 4.79 Å². The van der Waals surface area contributed by atoms with Gasteiger partial charge in [-0.15, -0.1) is 11.8 Å². The van der Waals surface area contributed by atoms with Crippen LogP contribution >= 0.6 is 23.4 Å². The minimum atomic E-state index is -0.193. The number of nitrogens with zero attached hydrogens (tertiary/aromatic N) is 1. The van der Waals surface area contributed by atoms with Crippen LogP contribution in [0.4, 0.5) is 5.69 Å². The SMILES string of the molecule is C[C@H](Sc1ccc(Cl)cc1)C(=O)Nc1cccnc1. The van der Waals surface area contributed by atoms with Crippen LogP contribution in [-0.2, 0) is 4.79 Å². The van der Waals surface area contributed by atoms with Gasteiger partial charge in [0.1, 0.15) is 0 Å². The summed E-state index contributed by atoms with van der Waals surface area (Å²) in [5.41, 5.74) is 0.705. The Hall–Kier alpha value is -1.52. The number of thioether (sulfide) groups is 1. The minimum Gasteiger partial charge on any atom is -0.324 e. The molecule has 0 aliphatic rings. The van der Waals surface area contributed by atoms with Crippen LogP contribution in [0, 0.1) is 0 Å². The quantitative estimate of drug-likeness (QED) is 0.870. The second-order valence-electron chi connectivity index (χ2n) is 3.94. The van der Waals surface area contributed by atoms with E-state index in [1.165, 1.54) is 11.8 Å². The fraction of sp³-hybridized carbons (Fsp3) is 0.143. The molecular formula is C14H13ClN2OS. The van der Waals surface area contributed by atoms with E-state index < -0.39 is 0 Å². The Bertz CT molecular complexity index is 545. The van der Waals surface area contributed by atoms with Crippen LogP contribution in [0.2, 0.25) is 5.02 Å². The summed E-state index contributed by atoms with van der Waals surface area (Å²) in [6.45, 7) is 1.87. The topological polar surface area (TPSA) is 42.0 Å². The largest absolute Gasteiger partial charge is 0.324 e. The molecule has 5 heteroatoms. The lowest BCUT2D eigenvalue weighted by Gasteiger charge is -2.11. The molecule has 1 aromatic carbocycles. The number of pyridine rings is 1. The number of rotatable bonds is 4. The Balaban J connectivity index is 1.94. The number of halogens is 1. The Kier molecular flexibility index (Phi) is 4.82. The fourth-order valence-corrected chi connectivity index (χ4v) is 2.44. The average molecular weight is 293 g/mol. The van der Waals surface area contributed by atoms with Crippen LogP contribution in [0.1, 0.15) is 6.92 Å². The zero-order chi connectivity index (χ0) is 13.7. The molecule has 0 aliphatic heterocycles. The Morgan fingerprint density at radius 2 is 2.05 bits per heavy atom. The van der Waals surface area contributed by atoms with Gasteiger partial charge in [-0.25, -0.2) is 0 Å². The molecule has 0 fully saturated rings. The third-order valence-corrected chi connectivity index (χ3v) is 3.79. The predicted molar refractivity (Wildman–Crippen MR) is 79.6 cm³/mol. The molecule has 1 heterocycles. The molecule has 2 aromatic rings. The molecule has 2 rings (SSSR count). The summed E-state index contributed by atoms with van der Waals surface area (Å²) in [6, 6.07) is 11.0. The summed E-state index contributed by atoms with van der Waals surface area (Å²) in [5, 5.41) is 3.32. The Labute approximate surface area is 121 Å². The van der Waals surface area contributed by atoms with E-state index in [9.17, 15) is 4.79 Å². The standard InChI is InChI=1S/C14H13ClN2OS/c1-10(19-13-6-4-11(15)5-7-13)14(18)17-12-3-2-8-16-9-12/h2-10H,1H3,(H,17,18)/t10-/m0/s1. The molecule has 0 aliphatic carbocycles. The zero-order valence-electron chi connectivity index (χ0n) is 10.3. The number of aromatic nitrogens is 1. The molecule has 0 bridgehead atoms. The van der Waals surface area contributed by atoms with E-state index in [0.29, 0.717) is 10.7 Å². The normalized spacial score (nSPS) is 11.9. The highest BCUT2D eigenvalue weighted by Gasteiger charge is 2.14. The number of carbonyl (C=O) groups excluding carboxylic acids is 1. The van der Waals surface area contributed by atoms with Gasteiger partial charge in [-0.2, -0.15) is 0 Å². The molecule has 0 saturated heterocycles. The van der Waals surface area contributed by atoms with Gasteiger partial charge in [-0.05, 0) is 43.3 Å². The average Bonchev–Trinajstić information content (AvgIpc) is 2.42. The number of nitrogens with one attached hydrogen (secondary N) is 1. The number of anilines is 1. The van der Waals surface area contributed by atoms with Crippen molar-refractivity contribution >= 4 is 35.0 Å². The predicted octanol–water partition coefficient (Wildman–Crippen LogP) is 3.85. The zero-order valence-corrected chi connectivity index (χ0v) is 11.9. The maximum Gasteiger partial charge on any atom is 0.237 e. The van der Waals surface area contributed by atoms with Crippen molar-refractivity contribution in [2.75, 3.05) is 5.32 Å². The van der Waals surface area contributed by atoms with Crippen LogP contribution in [0.5, 0.6) is 0 Å². The maximum atomic E-state index is 12.0. The minimum absolute atomic E-state index is 0.0482. The van der Waals surface area contributed by atoms with Crippen LogP contribution in [0.15, 0.2) is 53.7 Å². The van der Waals surface area contributed by atoms with E-state index in [0.717, 1.165) is 4.90 Å². The number of amides is 1. The summed E-state index contributed by atoms with van der Waals surface area (Å²) < 4.78 is 0. The number of carbonyl (C=O) groups is 1. The summed E-state index contributed by atoms with van der Waals surface area (Å²) in [6.07, 6.45) is 3.29. The molecule has 0 saturated carbocycles. The van der Waals surface area contributed by atoms with Gasteiger partial charge in [-0.1, -0.05) is 11.6 Å². The molecule has 1 N–H and O–H groups in total. The van der Waals surface area contributed by atoms with Crippen molar-refractivity contribution in [2.24, 2.45) is 0 Å². The fourth-order valence-electron chi connectivity index (χ4n) is 1.45. The van der Waals surface area contributed by atoms with Crippen LogP contribution in [0.25, 0.3) is 0 Å². The Morgan fingerprint density at radius 1 is 1.32 bits per heavy atom. The summed E-state index contributed by atoms with van der Waals surface area (Å²) in [4.78, 5) is 17.0. The molecular weight excluding hydrogens is 280 g/mol. The number of hydrogen-bond donors (Lipinski definition) is 1. The summed E-state index contributed by atoms with van der Waals surface area (Å²) in [7, 11) is 0. The van der Waals surface area contributed by atoms with E-state index in [1.54, 1.807) is 18.5 Å². The van der Waals surface area contributed by atoms with Gasteiger partial charge in [0.2, 0.25) is 5.91 Å². The maximum absolute atomic E-state index is 12.0. The smallest absolute Gasteiger partial charge is 0.237 e. The van der Waals surface area contributed by atoms with E-state index in [1.807, 2.05) is 37.3 Å². The van der Waals surface area contributed by atoms with E-state index in [-0.39, 0.29) is 11.2 Å². The third-order valence-electron chi connectivity index (χ3n) is 2.42. The highest BCUT2D eigenvalue weighted by atomic mass is 35.5. The van der Waals surface area contributed by atoms with Crippen molar-refractivity contribution in [3.63, 3.8) is 0 Å². The van der Waals surface area contributed by atoms with E-state index in [2.05, 4.69) is 10.3 Å². The van der Waals surface area contributed by atoms with Gasteiger partial charge in [0.15, 0.2) is 0 Å². The van der Waals surface area contributed by atoms with Crippen LogP contribution in [-0.4, -0.2) is 16.1 Å². The molecule has 0 radical (unpaired) electrons. The van der Waals surface area contributed by atoms with Gasteiger partial charge in [0, 0.05) is 16.1 Å². The van der Waals surface area contributed by atoms with Gasteiger partial charge in [0.25, 0.3) is 0 Å². The first-order chi connectivity index (χ1) is 9.15. The van der Waals surface area contributed by atoms with Gasteiger partial charge < -0.3 is 5.32 Å². The molecule has 0 spiro atoms. The first-order valence-corrected chi connectivity index (χ1v) is 7.04. The lowest BCUT2D eigenvalue weighted by Crippen LogP contribution is -2.22. The van der Waals surface area contributed by atoms with E-state index >= 15 is 0 Å². The van der Waals surface area contributed by atoms with Crippen molar-refractivity contribution in [3.8, 4) is 0 Å². The molecule has 98 valence electrons. The van der Waals surface area contributed by atoms with Crippen LogP contribution in [0.3, 0.4) is 0 Å². The van der Waals surface area contributed by atoms with Gasteiger partial charge in [0.05, 0.1) is 17.1 Å². The Morgan fingerprint density at radius 3 is 2.68 bits per heavy atom. The van der Waals surface area contributed by atoms with Crippen molar-refractivity contribution in [1.82, 2.24) is 4.98 Å². The highest BCUT2D eigenvalue weighted by Crippen LogP contribution is 2.25. The summed E-state index contributed by atoms with van der Waals surface area (Å²) in [5.74, 6) is -0.0482.